The molecule has 0 aliphatic carbocycles. The van der Waals surface area contributed by atoms with Gasteiger partial charge in [-0.2, -0.15) is 0 Å². The van der Waals surface area contributed by atoms with E-state index in [-0.39, 0.29) is 26.2 Å². The molecule has 208 valence electrons. The van der Waals surface area contributed by atoms with Gasteiger partial charge in [-0.05, 0) is 0 Å². The van der Waals surface area contributed by atoms with E-state index in [1.807, 2.05) is 0 Å². The third kappa shape index (κ3) is 10.3. The van der Waals surface area contributed by atoms with Crippen LogP contribution < -0.4 is 0 Å². The highest BCUT2D eigenvalue weighted by molar-refractivity contribution is 5.70. The maximum absolute atomic E-state index is 11.5. The number of carboxylic acids is 4. The predicted molar refractivity (Wildman–Crippen MR) is 120 cm³/mol. The zero-order valence-electron chi connectivity index (χ0n) is 19.8. The maximum Gasteiger partial charge on any atom is 0.317 e. The number of rotatable bonds is 12. The summed E-state index contributed by atoms with van der Waals surface area (Å²) < 4.78 is 0. The third-order valence-corrected chi connectivity index (χ3v) is 6.04. The summed E-state index contributed by atoms with van der Waals surface area (Å²) in [5.74, 6) is -5.14. The Bertz CT molecular complexity index is 621. The van der Waals surface area contributed by atoms with Crippen molar-refractivity contribution in [3.63, 3.8) is 0 Å². The standard InChI is InChI=1S/C20H36N4O12/c25-9-13-1-21(5-17(29)30)14(10-26)2-23(7-19(33)34)16(12-28)4-24(8-20(35)36)15(11-27)3-22(13)6-18(31)32/h13-16,25-28H,1-12H2,(H,29,30)(H,31,32)(H,33,34)(H,35,36). The molecule has 16 nitrogen and oxygen atoms in total. The minimum atomic E-state index is -1.29. The van der Waals surface area contributed by atoms with Crippen molar-refractivity contribution in [3.05, 3.63) is 0 Å². The average Bonchev–Trinajstić information content (AvgIpc) is 2.78. The first-order valence-corrected chi connectivity index (χ1v) is 11.2. The van der Waals surface area contributed by atoms with Crippen molar-refractivity contribution in [1.29, 1.82) is 0 Å². The van der Waals surface area contributed by atoms with Crippen molar-refractivity contribution in [1.82, 2.24) is 19.6 Å². The highest BCUT2D eigenvalue weighted by atomic mass is 16.4. The van der Waals surface area contributed by atoms with Crippen LogP contribution in [0.25, 0.3) is 0 Å². The van der Waals surface area contributed by atoms with Gasteiger partial charge in [0.05, 0.1) is 52.6 Å². The molecular weight excluding hydrogens is 488 g/mol. The summed E-state index contributed by atoms with van der Waals surface area (Å²) in [5.41, 5.74) is 0. The van der Waals surface area contributed by atoms with Crippen molar-refractivity contribution in [2.75, 3.05) is 78.8 Å². The fourth-order valence-electron chi connectivity index (χ4n) is 4.30. The number of aliphatic carboxylic acids is 4. The van der Waals surface area contributed by atoms with Gasteiger partial charge in [-0.1, -0.05) is 0 Å². The lowest BCUT2D eigenvalue weighted by Gasteiger charge is -2.44. The number of carboxylic acid groups (broad SMARTS) is 4. The van der Waals surface area contributed by atoms with E-state index >= 15 is 0 Å². The number of hydrogen-bond acceptors (Lipinski definition) is 12. The Morgan fingerprint density at radius 3 is 0.722 bits per heavy atom. The van der Waals surface area contributed by atoms with Gasteiger partial charge in [0.15, 0.2) is 0 Å². The summed E-state index contributed by atoms with van der Waals surface area (Å²) in [6.07, 6.45) is 0. The number of aliphatic hydroxyl groups excluding tert-OH is 4. The van der Waals surface area contributed by atoms with Gasteiger partial charge in [-0.15, -0.1) is 0 Å². The molecule has 0 spiro atoms. The molecule has 1 saturated heterocycles. The van der Waals surface area contributed by atoms with Gasteiger partial charge in [0, 0.05) is 50.3 Å². The Labute approximate surface area is 207 Å². The first-order valence-electron chi connectivity index (χ1n) is 11.2. The van der Waals surface area contributed by atoms with Gasteiger partial charge in [0.2, 0.25) is 0 Å². The van der Waals surface area contributed by atoms with E-state index < -0.39 is 101 Å². The van der Waals surface area contributed by atoms with Crippen LogP contribution >= 0.6 is 0 Å². The third-order valence-electron chi connectivity index (χ3n) is 6.04. The summed E-state index contributed by atoms with van der Waals surface area (Å²) in [6.45, 7) is -5.99. The van der Waals surface area contributed by atoms with Crippen LogP contribution in [0.5, 0.6) is 0 Å². The molecule has 8 N–H and O–H groups in total. The molecule has 0 amide bonds. The number of carbonyl (C=O) groups is 4. The van der Waals surface area contributed by atoms with Gasteiger partial charge < -0.3 is 40.9 Å². The van der Waals surface area contributed by atoms with Crippen molar-refractivity contribution in [3.8, 4) is 0 Å². The summed E-state index contributed by atoms with van der Waals surface area (Å²) in [4.78, 5) is 51.3. The Kier molecular flexibility index (Phi) is 13.7. The van der Waals surface area contributed by atoms with E-state index in [0.29, 0.717) is 0 Å². The van der Waals surface area contributed by atoms with E-state index in [9.17, 15) is 60.0 Å². The molecule has 0 radical (unpaired) electrons. The largest absolute Gasteiger partial charge is 0.480 e. The number of nitrogens with zero attached hydrogens (tertiary/aromatic N) is 4. The predicted octanol–water partition coefficient (Wildman–Crippen LogP) is -5.01. The number of hydrogen-bond donors (Lipinski definition) is 8. The zero-order chi connectivity index (χ0) is 27.4. The van der Waals surface area contributed by atoms with Gasteiger partial charge in [-0.3, -0.25) is 38.8 Å². The summed E-state index contributed by atoms with van der Waals surface area (Å²) >= 11 is 0. The van der Waals surface area contributed by atoms with Gasteiger partial charge in [0.1, 0.15) is 0 Å². The highest BCUT2D eigenvalue weighted by Gasteiger charge is 2.36. The van der Waals surface area contributed by atoms with E-state index in [2.05, 4.69) is 0 Å². The molecule has 1 heterocycles. The van der Waals surface area contributed by atoms with E-state index in [4.69, 9.17) is 0 Å². The lowest BCUT2D eigenvalue weighted by molar-refractivity contribution is -0.145. The molecule has 1 aliphatic heterocycles. The van der Waals surface area contributed by atoms with Crippen LogP contribution in [0.15, 0.2) is 0 Å². The minimum Gasteiger partial charge on any atom is -0.480 e. The number of aliphatic hydroxyl groups is 4. The van der Waals surface area contributed by atoms with Gasteiger partial charge >= 0.3 is 23.9 Å². The Balaban J connectivity index is 3.62. The quantitative estimate of drug-likeness (QED) is 0.119. The summed E-state index contributed by atoms with van der Waals surface area (Å²) in [7, 11) is 0. The van der Waals surface area contributed by atoms with Crippen molar-refractivity contribution >= 4 is 23.9 Å². The molecule has 1 aliphatic rings. The van der Waals surface area contributed by atoms with Crippen LogP contribution in [0.1, 0.15) is 0 Å². The van der Waals surface area contributed by atoms with Crippen molar-refractivity contribution < 1.29 is 60.0 Å². The summed E-state index contributed by atoms with van der Waals surface area (Å²) in [5, 5.41) is 77.8. The molecular formula is C20H36N4O12. The first kappa shape index (κ1) is 31.6. The molecule has 4 unspecified atom stereocenters. The lowest BCUT2D eigenvalue weighted by Crippen LogP contribution is -2.62. The van der Waals surface area contributed by atoms with E-state index in [1.165, 1.54) is 19.6 Å². The molecule has 16 heteroatoms. The smallest absolute Gasteiger partial charge is 0.317 e. The van der Waals surface area contributed by atoms with Crippen LogP contribution in [0.2, 0.25) is 0 Å². The topological polar surface area (TPSA) is 243 Å². The van der Waals surface area contributed by atoms with Crippen LogP contribution in [0, 0.1) is 0 Å². The zero-order valence-corrected chi connectivity index (χ0v) is 19.8. The van der Waals surface area contributed by atoms with Crippen molar-refractivity contribution in [2.24, 2.45) is 0 Å². The Morgan fingerprint density at radius 1 is 0.444 bits per heavy atom. The Hall–Kier alpha value is -2.44. The lowest BCUT2D eigenvalue weighted by atomic mass is 10.1. The molecule has 0 bridgehead atoms. The second-order valence-corrected chi connectivity index (χ2v) is 8.64. The van der Waals surface area contributed by atoms with Crippen LogP contribution in [-0.2, 0) is 19.2 Å². The SMILES string of the molecule is O=C(O)CN1CC(CO)N(CC(=O)O)CC(CO)N(CC(=O)O)CC(CO)N(CC(=O)O)CC1CO. The maximum atomic E-state index is 11.5. The fourth-order valence-corrected chi connectivity index (χ4v) is 4.30. The molecule has 4 atom stereocenters. The fraction of sp³-hybridized carbons (Fsp3) is 0.800. The van der Waals surface area contributed by atoms with Crippen LogP contribution in [0.3, 0.4) is 0 Å². The molecule has 0 saturated carbocycles. The van der Waals surface area contributed by atoms with Gasteiger partial charge in [0.25, 0.3) is 0 Å². The molecule has 1 fully saturated rings. The normalized spacial score (nSPS) is 26.1. The second-order valence-electron chi connectivity index (χ2n) is 8.64. The van der Waals surface area contributed by atoms with Gasteiger partial charge in [-0.25, -0.2) is 0 Å². The first-order chi connectivity index (χ1) is 16.9. The van der Waals surface area contributed by atoms with Crippen molar-refractivity contribution in [2.45, 2.75) is 24.2 Å². The molecule has 0 aromatic rings. The second kappa shape index (κ2) is 15.6. The summed E-state index contributed by atoms with van der Waals surface area (Å²) in [6, 6.07) is -3.96. The average molecular weight is 525 g/mol. The minimum absolute atomic E-state index is 0.247. The van der Waals surface area contributed by atoms with Crippen LogP contribution in [-0.4, -0.2) is 187 Å². The van der Waals surface area contributed by atoms with Crippen LogP contribution in [0.4, 0.5) is 0 Å². The molecule has 0 aromatic carbocycles. The van der Waals surface area contributed by atoms with E-state index in [1.54, 1.807) is 0 Å². The highest BCUT2D eigenvalue weighted by Crippen LogP contribution is 2.16. The Morgan fingerprint density at radius 2 is 0.611 bits per heavy atom. The monoisotopic (exact) mass is 524 g/mol. The molecule has 36 heavy (non-hydrogen) atoms. The molecule has 1 rings (SSSR count). The molecule has 0 aromatic heterocycles. The van der Waals surface area contributed by atoms with E-state index in [0.717, 1.165) is 0 Å².